The van der Waals surface area contributed by atoms with E-state index in [0.717, 1.165) is 0 Å². The van der Waals surface area contributed by atoms with Crippen LogP contribution < -0.4 is 0 Å². The highest BCUT2D eigenvalue weighted by atomic mass is 19.1. The van der Waals surface area contributed by atoms with E-state index in [4.69, 9.17) is 5.11 Å². The second kappa shape index (κ2) is 4.29. The quantitative estimate of drug-likeness (QED) is 0.862. The van der Waals surface area contributed by atoms with Gasteiger partial charge in [0.1, 0.15) is 17.7 Å². The molecule has 0 amide bonds. The molecule has 1 N–H and O–H groups in total. The summed E-state index contributed by atoms with van der Waals surface area (Å²) in [6.07, 6.45) is 2.50. The monoisotopic (exact) mass is 232 g/mol. The largest absolute Gasteiger partial charge is 0.478 e. The molecule has 17 heavy (non-hydrogen) atoms. The van der Waals surface area contributed by atoms with Gasteiger partial charge in [0.25, 0.3) is 0 Å². The molecule has 2 rings (SSSR count). The number of halogens is 1. The number of carboxylic acid groups (broad SMARTS) is 1. The van der Waals surface area contributed by atoms with Crippen LogP contribution in [0, 0.1) is 12.7 Å². The van der Waals surface area contributed by atoms with Crippen molar-refractivity contribution in [3.05, 3.63) is 47.7 Å². The molecule has 0 bridgehead atoms. The van der Waals surface area contributed by atoms with Crippen LogP contribution in [0.25, 0.3) is 11.3 Å². The predicted octanol–water partition coefficient (Wildman–Crippen LogP) is 2.29. The fraction of sp³-hybridized carbons (Fsp3) is 0.0833. The first-order valence-corrected chi connectivity index (χ1v) is 4.89. The third kappa shape index (κ3) is 2.13. The van der Waals surface area contributed by atoms with Crippen molar-refractivity contribution >= 4 is 5.97 Å². The molecule has 5 heteroatoms. The highest BCUT2D eigenvalue weighted by molar-refractivity contribution is 5.94. The zero-order chi connectivity index (χ0) is 12.4. The third-order valence-corrected chi connectivity index (χ3v) is 2.39. The number of hydrogen-bond donors (Lipinski definition) is 1. The maximum absolute atomic E-state index is 13.0. The van der Waals surface area contributed by atoms with E-state index < -0.39 is 5.97 Å². The van der Waals surface area contributed by atoms with Gasteiger partial charge in [-0.2, -0.15) is 0 Å². The van der Waals surface area contributed by atoms with E-state index in [0.29, 0.717) is 16.8 Å². The first-order chi connectivity index (χ1) is 8.09. The van der Waals surface area contributed by atoms with Crippen LogP contribution in [0.5, 0.6) is 0 Å². The number of benzene rings is 1. The van der Waals surface area contributed by atoms with Crippen molar-refractivity contribution < 1.29 is 14.3 Å². The van der Waals surface area contributed by atoms with Gasteiger partial charge in [0.05, 0.1) is 5.69 Å². The zero-order valence-electron chi connectivity index (χ0n) is 9.01. The Kier molecular flexibility index (Phi) is 2.82. The SMILES string of the molecule is Cc1cc(F)ccc1-c1ncncc1C(=O)O. The topological polar surface area (TPSA) is 63.1 Å². The normalized spacial score (nSPS) is 10.2. The number of aromatic carboxylic acids is 1. The first-order valence-electron chi connectivity index (χ1n) is 4.89. The average molecular weight is 232 g/mol. The molecule has 0 saturated heterocycles. The minimum absolute atomic E-state index is 0.00204. The van der Waals surface area contributed by atoms with Crippen LogP contribution in [-0.2, 0) is 0 Å². The van der Waals surface area contributed by atoms with Crippen LogP contribution in [0.15, 0.2) is 30.7 Å². The molecule has 0 unspecified atom stereocenters. The van der Waals surface area contributed by atoms with Gasteiger partial charge in [0.2, 0.25) is 0 Å². The Morgan fingerprint density at radius 1 is 1.41 bits per heavy atom. The summed E-state index contributed by atoms with van der Waals surface area (Å²) in [5.74, 6) is -1.47. The number of nitrogens with zero attached hydrogens (tertiary/aromatic N) is 2. The fourth-order valence-electron chi connectivity index (χ4n) is 1.59. The molecule has 0 aliphatic rings. The number of hydrogen-bond acceptors (Lipinski definition) is 3. The lowest BCUT2D eigenvalue weighted by Gasteiger charge is -2.07. The summed E-state index contributed by atoms with van der Waals surface area (Å²) in [4.78, 5) is 18.6. The Bertz CT molecular complexity index is 584. The Balaban J connectivity index is 2.64. The molecule has 0 radical (unpaired) electrons. The van der Waals surface area contributed by atoms with Crippen LogP contribution in [0.1, 0.15) is 15.9 Å². The van der Waals surface area contributed by atoms with Crippen molar-refractivity contribution in [3.63, 3.8) is 0 Å². The van der Waals surface area contributed by atoms with E-state index in [1.807, 2.05) is 0 Å². The van der Waals surface area contributed by atoms with Gasteiger partial charge in [-0.25, -0.2) is 19.2 Å². The van der Waals surface area contributed by atoms with Crippen LogP contribution in [0.3, 0.4) is 0 Å². The van der Waals surface area contributed by atoms with Gasteiger partial charge in [0.15, 0.2) is 0 Å². The molecule has 0 saturated carbocycles. The molecular formula is C12H9FN2O2. The summed E-state index contributed by atoms with van der Waals surface area (Å²) in [5, 5.41) is 9.02. The molecule has 0 atom stereocenters. The van der Waals surface area contributed by atoms with Gasteiger partial charge in [-0.15, -0.1) is 0 Å². The van der Waals surface area contributed by atoms with E-state index >= 15 is 0 Å². The van der Waals surface area contributed by atoms with E-state index in [2.05, 4.69) is 9.97 Å². The average Bonchev–Trinajstić information content (AvgIpc) is 2.29. The summed E-state index contributed by atoms with van der Waals surface area (Å²) < 4.78 is 13.0. The molecule has 0 spiro atoms. The summed E-state index contributed by atoms with van der Waals surface area (Å²) in [5.41, 5.74) is 1.52. The molecule has 0 aliphatic heterocycles. The van der Waals surface area contributed by atoms with Gasteiger partial charge in [-0.3, -0.25) is 0 Å². The van der Waals surface area contributed by atoms with Crippen LogP contribution >= 0.6 is 0 Å². The maximum atomic E-state index is 13.0. The Morgan fingerprint density at radius 2 is 2.18 bits per heavy atom. The summed E-state index contributed by atoms with van der Waals surface area (Å²) >= 11 is 0. The lowest BCUT2D eigenvalue weighted by atomic mass is 10.0. The van der Waals surface area contributed by atoms with E-state index in [-0.39, 0.29) is 11.4 Å². The van der Waals surface area contributed by atoms with Crippen molar-refractivity contribution in [2.45, 2.75) is 6.92 Å². The standard InChI is InChI=1S/C12H9FN2O2/c1-7-4-8(13)2-3-9(7)11-10(12(16)17)5-14-6-15-11/h2-6H,1H3,(H,16,17). The molecule has 1 aromatic heterocycles. The molecular weight excluding hydrogens is 223 g/mol. The van der Waals surface area contributed by atoms with Crippen molar-refractivity contribution in [2.24, 2.45) is 0 Å². The van der Waals surface area contributed by atoms with Gasteiger partial charge in [-0.05, 0) is 30.7 Å². The molecule has 0 fully saturated rings. The molecule has 4 nitrogen and oxygen atoms in total. The fourth-order valence-corrected chi connectivity index (χ4v) is 1.59. The van der Waals surface area contributed by atoms with Gasteiger partial charge in [-0.1, -0.05) is 0 Å². The van der Waals surface area contributed by atoms with E-state index in [9.17, 15) is 9.18 Å². The zero-order valence-corrected chi connectivity index (χ0v) is 9.01. The van der Waals surface area contributed by atoms with E-state index in [1.165, 1.54) is 30.7 Å². The Morgan fingerprint density at radius 3 is 2.82 bits per heavy atom. The minimum Gasteiger partial charge on any atom is -0.478 e. The predicted molar refractivity (Wildman–Crippen MR) is 59.1 cm³/mol. The number of rotatable bonds is 2. The van der Waals surface area contributed by atoms with Crippen molar-refractivity contribution in [3.8, 4) is 11.3 Å². The van der Waals surface area contributed by atoms with Crippen molar-refractivity contribution in [1.29, 1.82) is 0 Å². The second-order valence-electron chi connectivity index (χ2n) is 3.55. The maximum Gasteiger partial charge on any atom is 0.339 e. The highest BCUT2D eigenvalue weighted by Gasteiger charge is 2.14. The number of carbonyl (C=O) groups is 1. The Hall–Kier alpha value is -2.30. The van der Waals surface area contributed by atoms with Crippen molar-refractivity contribution in [2.75, 3.05) is 0 Å². The third-order valence-electron chi connectivity index (χ3n) is 2.39. The van der Waals surface area contributed by atoms with Gasteiger partial charge >= 0.3 is 5.97 Å². The molecule has 1 heterocycles. The molecule has 2 aromatic rings. The van der Waals surface area contributed by atoms with Gasteiger partial charge < -0.3 is 5.11 Å². The van der Waals surface area contributed by atoms with Crippen molar-refractivity contribution in [1.82, 2.24) is 9.97 Å². The summed E-state index contributed by atoms with van der Waals surface area (Å²) in [6.45, 7) is 1.70. The minimum atomic E-state index is -1.11. The highest BCUT2D eigenvalue weighted by Crippen LogP contribution is 2.24. The van der Waals surface area contributed by atoms with Crippen LogP contribution in [0.4, 0.5) is 4.39 Å². The lowest BCUT2D eigenvalue weighted by Crippen LogP contribution is -2.03. The summed E-state index contributed by atoms with van der Waals surface area (Å²) in [6, 6.07) is 4.12. The molecule has 86 valence electrons. The smallest absolute Gasteiger partial charge is 0.339 e. The first kappa shape index (κ1) is 11.2. The van der Waals surface area contributed by atoms with Crippen LogP contribution in [-0.4, -0.2) is 21.0 Å². The van der Waals surface area contributed by atoms with Gasteiger partial charge in [0, 0.05) is 11.8 Å². The Labute approximate surface area is 96.8 Å². The second-order valence-corrected chi connectivity index (χ2v) is 3.55. The van der Waals surface area contributed by atoms with Crippen LogP contribution in [0.2, 0.25) is 0 Å². The number of aromatic nitrogens is 2. The lowest BCUT2D eigenvalue weighted by molar-refractivity contribution is 0.0697. The van der Waals surface area contributed by atoms with E-state index in [1.54, 1.807) is 6.92 Å². The molecule has 0 aliphatic carbocycles. The molecule has 1 aromatic carbocycles. The number of aryl methyl sites for hydroxylation is 1. The number of carboxylic acids is 1. The summed E-state index contributed by atoms with van der Waals surface area (Å²) in [7, 11) is 0.